The average molecular weight is 239 g/mol. The standard InChI is InChI=1S/C13H25N3O/c1-6-14-12(11-8-16(5)9-15-11)13(10(3)4)17-7-2/h8-10,12-14H,6-7H2,1-5H3. The van der Waals surface area contributed by atoms with Crippen LogP contribution in [0.2, 0.25) is 0 Å². The van der Waals surface area contributed by atoms with Crippen molar-refractivity contribution in [3.8, 4) is 0 Å². The molecule has 0 saturated carbocycles. The van der Waals surface area contributed by atoms with E-state index in [-0.39, 0.29) is 12.1 Å². The highest BCUT2D eigenvalue weighted by Gasteiger charge is 2.27. The van der Waals surface area contributed by atoms with E-state index in [0.717, 1.165) is 18.8 Å². The lowest BCUT2D eigenvalue weighted by molar-refractivity contribution is 0.00226. The summed E-state index contributed by atoms with van der Waals surface area (Å²) in [5.41, 5.74) is 1.06. The lowest BCUT2D eigenvalue weighted by Gasteiger charge is -2.29. The number of imidazole rings is 1. The molecule has 1 N–H and O–H groups in total. The van der Waals surface area contributed by atoms with Gasteiger partial charge >= 0.3 is 0 Å². The topological polar surface area (TPSA) is 39.1 Å². The van der Waals surface area contributed by atoms with Crippen molar-refractivity contribution in [3.05, 3.63) is 18.2 Å². The van der Waals surface area contributed by atoms with Crippen molar-refractivity contribution in [3.63, 3.8) is 0 Å². The summed E-state index contributed by atoms with van der Waals surface area (Å²) in [6.07, 6.45) is 4.06. The monoisotopic (exact) mass is 239 g/mol. The summed E-state index contributed by atoms with van der Waals surface area (Å²) in [5, 5.41) is 3.48. The van der Waals surface area contributed by atoms with E-state index in [1.807, 2.05) is 24.9 Å². The molecule has 1 aromatic rings. The first-order valence-electron chi connectivity index (χ1n) is 6.42. The molecule has 17 heavy (non-hydrogen) atoms. The van der Waals surface area contributed by atoms with Crippen LogP contribution in [0, 0.1) is 5.92 Å². The smallest absolute Gasteiger partial charge is 0.0947 e. The Morgan fingerprint density at radius 1 is 1.41 bits per heavy atom. The second-order valence-electron chi connectivity index (χ2n) is 4.66. The maximum atomic E-state index is 5.87. The number of nitrogens with zero attached hydrogens (tertiary/aromatic N) is 2. The predicted molar refractivity (Wildman–Crippen MR) is 69.9 cm³/mol. The van der Waals surface area contributed by atoms with E-state index in [9.17, 15) is 0 Å². The van der Waals surface area contributed by atoms with Crippen LogP contribution in [0.3, 0.4) is 0 Å². The third-order valence-corrected chi connectivity index (χ3v) is 2.81. The normalized spacial score (nSPS) is 15.2. The summed E-state index contributed by atoms with van der Waals surface area (Å²) in [4.78, 5) is 4.44. The van der Waals surface area contributed by atoms with Crippen molar-refractivity contribution >= 4 is 0 Å². The third-order valence-electron chi connectivity index (χ3n) is 2.81. The molecule has 0 bridgehead atoms. The number of ether oxygens (including phenoxy) is 1. The molecule has 0 radical (unpaired) electrons. The fourth-order valence-electron chi connectivity index (χ4n) is 2.07. The molecule has 0 fully saturated rings. The van der Waals surface area contributed by atoms with Crippen molar-refractivity contribution < 1.29 is 4.74 Å². The fraction of sp³-hybridized carbons (Fsp3) is 0.769. The van der Waals surface area contributed by atoms with Crippen molar-refractivity contribution in [2.24, 2.45) is 13.0 Å². The van der Waals surface area contributed by atoms with Crippen molar-refractivity contribution in [2.45, 2.75) is 39.8 Å². The van der Waals surface area contributed by atoms with E-state index < -0.39 is 0 Å². The highest BCUT2D eigenvalue weighted by molar-refractivity contribution is 5.06. The van der Waals surface area contributed by atoms with Gasteiger partial charge in [-0.3, -0.25) is 0 Å². The molecule has 4 nitrogen and oxygen atoms in total. The molecule has 1 heterocycles. The van der Waals surface area contributed by atoms with Crippen LogP contribution in [-0.4, -0.2) is 28.8 Å². The third kappa shape index (κ3) is 3.82. The number of aromatic nitrogens is 2. The highest BCUT2D eigenvalue weighted by atomic mass is 16.5. The van der Waals surface area contributed by atoms with Crippen LogP contribution < -0.4 is 5.32 Å². The number of nitrogens with one attached hydrogen (secondary N) is 1. The van der Waals surface area contributed by atoms with Gasteiger partial charge in [-0.1, -0.05) is 20.8 Å². The van der Waals surface area contributed by atoms with Crippen LogP contribution in [0.25, 0.3) is 0 Å². The molecule has 4 heteroatoms. The summed E-state index contributed by atoms with van der Waals surface area (Å²) < 4.78 is 7.85. The van der Waals surface area contributed by atoms with Gasteiger partial charge in [0.25, 0.3) is 0 Å². The molecule has 1 aromatic heterocycles. The predicted octanol–water partition coefficient (Wildman–Crippen LogP) is 2.13. The Hall–Kier alpha value is -0.870. The molecule has 0 amide bonds. The van der Waals surface area contributed by atoms with Crippen molar-refractivity contribution in [1.82, 2.24) is 14.9 Å². The zero-order valence-corrected chi connectivity index (χ0v) is 11.6. The number of aryl methyl sites for hydroxylation is 1. The van der Waals surface area contributed by atoms with Gasteiger partial charge in [-0.25, -0.2) is 4.98 Å². The Morgan fingerprint density at radius 3 is 2.53 bits per heavy atom. The van der Waals surface area contributed by atoms with Crippen molar-refractivity contribution in [1.29, 1.82) is 0 Å². The number of hydrogen-bond acceptors (Lipinski definition) is 3. The summed E-state index contributed by atoms with van der Waals surface area (Å²) in [6, 6.07) is 0.168. The van der Waals surface area contributed by atoms with E-state index in [0.29, 0.717) is 5.92 Å². The van der Waals surface area contributed by atoms with Crippen LogP contribution in [0.4, 0.5) is 0 Å². The second kappa shape index (κ2) is 6.77. The zero-order chi connectivity index (χ0) is 12.8. The molecule has 2 atom stereocenters. The van der Waals surface area contributed by atoms with Gasteiger partial charge < -0.3 is 14.6 Å². The Bertz CT molecular complexity index is 322. The van der Waals surface area contributed by atoms with Gasteiger partial charge in [-0.05, 0) is 19.4 Å². The molecular weight excluding hydrogens is 214 g/mol. The van der Waals surface area contributed by atoms with Gasteiger partial charge in [0.1, 0.15) is 0 Å². The maximum absolute atomic E-state index is 5.87. The summed E-state index contributed by atoms with van der Waals surface area (Å²) in [5.74, 6) is 0.459. The fourth-order valence-corrected chi connectivity index (χ4v) is 2.07. The molecule has 2 unspecified atom stereocenters. The van der Waals surface area contributed by atoms with E-state index in [1.54, 1.807) is 0 Å². The van der Waals surface area contributed by atoms with E-state index in [1.165, 1.54) is 0 Å². The van der Waals surface area contributed by atoms with Gasteiger partial charge in [0.05, 0.1) is 24.2 Å². The Balaban J connectivity index is 2.89. The minimum atomic E-state index is 0.162. The number of hydrogen-bond donors (Lipinski definition) is 1. The number of rotatable bonds is 7. The average Bonchev–Trinajstić information content (AvgIpc) is 2.69. The zero-order valence-electron chi connectivity index (χ0n) is 11.6. The van der Waals surface area contributed by atoms with E-state index in [4.69, 9.17) is 4.74 Å². The summed E-state index contributed by atoms with van der Waals surface area (Å²) in [6.45, 7) is 10.2. The first kappa shape index (κ1) is 14.2. The molecule has 0 saturated heterocycles. The Morgan fingerprint density at radius 2 is 2.12 bits per heavy atom. The molecule has 0 aromatic carbocycles. The Kier molecular flexibility index (Phi) is 5.65. The molecule has 0 aliphatic heterocycles. The first-order chi connectivity index (χ1) is 8.10. The number of likely N-dealkylation sites (N-methyl/N-ethyl adjacent to an activating group) is 1. The van der Waals surface area contributed by atoms with Crippen LogP contribution in [0.5, 0.6) is 0 Å². The van der Waals surface area contributed by atoms with Gasteiger partial charge in [-0.2, -0.15) is 0 Å². The minimum absolute atomic E-state index is 0.162. The molecule has 0 aliphatic rings. The van der Waals surface area contributed by atoms with E-state index >= 15 is 0 Å². The summed E-state index contributed by atoms with van der Waals surface area (Å²) >= 11 is 0. The SMILES string of the molecule is CCNC(c1cn(C)cn1)C(OCC)C(C)C. The quantitative estimate of drug-likeness (QED) is 0.792. The lowest BCUT2D eigenvalue weighted by Crippen LogP contribution is -2.37. The highest BCUT2D eigenvalue weighted by Crippen LogP contribution is 2.23. The van der Waals surface area contributed by atoms with Gasteiger partial charge in [0, 0.05) is 19.9 Å². The molecule has 1 rings (SSSR count). The van der Waals surface area contributed by atoms with E-state index in [2.05, 4.69) is 37.3 Å². The van der Waals surface area contributed by atoms with Crippen LogP contribution >= 0.6 is 0 Å². The van der Waals surface area contributed by atoms with Crippen LogP contribution in [0.15, 0.2) is 12.5 Å². The van der Waals surface area contributed by atoms with Gasteiger partial charge in [-0.15, -0.1) is 0 Å². The molecule has 98 valence electrons. The molecule has 0 aliphatic carbocycles. The first-order valence-corrected chi connectivity index (χ1v) is 6.42. The minimum Gasteiger partial charge on any atom is -0.376 e. The maximum Gasteiger partial charge on any atom is 0.0947 e. The van der Waals surface area contributed by atoms with Gasteiger partial charge in [0.15, 0.2) is 0 Å². The lowest BCUT2D eigenvalue weighted by atomic mass is 9.97. The Labute approximate surface area is 104 Å². The second-order valence-corrected chi connectivity index (χ2v) is 4.66. The van der Waals surface area contributed by atoms with Crippen molar-refractivity contribution in [2.75, 3.05) is 13.2 Å². The summed E-state index contributed by atoms with van der Waals surface area (Å²) in [7, 11) is 1.99. The van der Waals surface area contributed by atoms with Crippen LogP contribution in [0.1, 0.15) is 39.4 Å². The largest absolute Gasteiger partial charge is 0.376 e. The van der Waals surface area contributed by atoms with Gasteiger partial charge in [0.2, 0.25) is 0 Å². The molecule has 0 spiro atoms. The molecular formula is C13H25N3O. The van der Waals surface area contributed by atoms with Crippen LogP contribution in [-0.2, 0) is 11.8 Å².